The summed E-state index contributed by atoms with van der Waals surface area (Å²) in [6.45, 7) is 5.70. The molecule has 19 heavy (non-hydrogen) atoms. The molecule has 2 rings (SSSR count). The van der Waals surface area contributed by atoms with Crippen LogP contribution in [0.15, 0.2) is 5.16 Å². The lowest BCUT2D eigenvalue weighted by atomic mass is 10.0. The Morgan fingerprint density at radius 1 is 1.58 bits per heavy atom. The fourth-order valence-electron chi connectivity index (χ4n) is 2.31. The van der Waals surface area contributed by atoms with Crippen molar-refractivity contribution in [1.82, 2.24) is 14.8 Å². The van der Waals surface area contributed by atoms with E-state index >= 15 is 0 Å². The molecule has 0 aromatic carbocycles. The predicted octanol–water partition coefficient (Wildman–Crippen LogP) is 1.76. The molecule has 2 heterocycles. The number of aliphatic carboxylic acids is 1. The number of aromatic nitrogens is 3. The number of rotatable bonds is 6. The second-order valence-electron chi connectivity index (χ2n) is 4.65. The van der Waals surface area contributed by atoms with Crippen LogP contribution >= 0.6 is 11.8 Å². The molecule has 1 aromatic rings. The first-order valence-electron chi connectivity index (χ1n) is 6.52. The number of carbonyl (C=O) groups is 1. The van der Waals surface area contributed by atoms with Gasteiger partial charge in [0.05, 0.1) is 11.9 Å². The maximum absolute atomic E-state index is 10.7. The molecule has 0 aliphatic carbocycles. The molecule has 106 valence electrons. The van der Waals surface area contributed by atoms with Crippen molar-refractivity contribution >= 4 is 17.7 Å². The maximum atomic E-state index is 10.7. The fraction of sp³-hybridized carbons (Fsp3) is 0.750. The van der Waals surface area contributed by atoms with Crippen molar-refractivity contribution in [2.24, 2.45) is 0 Å². The fourth-order valence-corrected chi connectivity index (χ4v) is 3.00. The maximum Gasteiger partial charge on any atom is 0.313 e. The van der Waals surface area contributed by atoms with Gasteiger partial charge in [0, 0.05) is 19.1 Å². The van der Waals surface area contributed by atoms with Gasteiger partial charge in [0.15, 0.2) is 5.16 Å². The number of ether oxygens (including phenoxy) is 1. The van der Waals surface area contributed by atoms with Gasteiger partial charge in [-0.05, 0) is 19.8 Å². The molecule has 1 aliphatic heterocycles. The van der Waals surface area contributed by atoms with Crippen LogP contribution in [-0.4, -0.2) is 44.3 Å². The molecule has 2 atom stereocenters. The van der Waals surface area contributed by atoms with Crippen molar-refractivity contribution < 1.29 is 14.6 Å². The van der Waals surface area contributed by atoms with Crippen molar-refractivity contribution in [3.8, 4) is 0 Å². The van der Waals surface area contributed by atoms with Gasteiger partial charge in [-0.25, -0.2) is 0 Å². The standard InChI is InChI=1S/C12H19N3O3S/c1-3-5-15-11(9-4-6-18-8(9)2)13-14-12(15)19-7-10(16)17/h8-9H,3-7H2,1-2H3,(H,16,17). The van der Waals surface area contributed by atoms with E-state index in [0.29, 0.717) is 5.16 Å². The number of nitrogens with zero attached hydrogens (tertiary/aromatic N) is 3. The third-order valence-electron chi connectivity index (χ3n) is 3.23. The molecule has 1 fully saturated rings. The highest BCUT2D eigenvalue weighted by Crippen LogP contribution is 2.32. The summed E-state index contributed by atoms with van der Waals surface area (Å²) in [6.07, 6.45) is 2.07. The molecule has 1 N–H and O–H groups in total. The Hall–Kier alpha value is -1.08. The van der Waals surface area contributed by atoms with Gasteiger partial charge in [0.1, 0.15) is 5.82 Å². The third-order valence-corrected chi connectivity index (χ3v) is 4.18. The van der Waals surface area contributed by atoms with Crippen LogP contribution in [0.2, 0.25) is 0 Å². The van der Waals surface area contributed by atoms with Gasteiger partial charge in [0.25, 0.3) is 0 Å². The molecule has 2 unspecified atom stereocenters. The van der Waals surface area contributed by atoms with Crippen molar-refractivity contribution in [3.05, 3.63) is 5.82 Å². The Labute approximate surface area is 116 Å². The molecule has 0 amide bonds. The first-order valence-corrected chi connectivity index (χ1v) is 7.51. The van der Waals surface area contributed by atoms with E-state index in [-0.39, 0.29) is 17.8 Å². The van der Waals surface area contributed by atoms with E-state index in [1.54, 1.807) is 0 Å². The number of carboxylic acid groups (broad SMARTS) is 1. The van der Waals surface area contributed by atoms with Crippen molar-refractivity contribution in [3.63, 3.8) is 0 Å². The molecule has 6 nitrogen and oxygen atoms in total. The minimum atomic E-state index is -0.838. The quantitative estimate of drug-likeness (QED) is 0.802. The van der Waals surface area contributed by atoms with E-state index in [4.69, 9.17) is 9.84 Å². The Morgan fingerprint density at radius 3 is 2.95 bits per heavy atom. The van der Waals surface area contributed by atoms with Crippen molar-refractivity contribution in [2.75, 3.05) is 12.4 Å². The molecule has 1 saturated heterocycles. The van der Waals surface area contributed by atoms with Gasteiger partial charge in [-0.15, -0.1) is 10.2 Å². The summed E-state index contributed by atoms with van der Waals surface area (Å²) in [5.41, 5.74) is 0. The van der Waals surface area contributed by atoms with Gasteiger partial charge >= 0.3 is 5.97 Å². The van der Waals surface area contributed by atoms with Gasteiger partial charge in [-0.3, -0.25) is 4.79 Å². The van der Waals surface area contributed by atoms with Gasteiger partial charge < -0.3 is 14.4 Å². The van der Waals surface area contributed by atoms with E-state index in [1.807, 2.05) is 11.5 Å². The summed E-state index contributed by atoms with van der Waals surface area (Å²) >= 11 is 1.22. The van der Waals surface area contributed by atoms with Crippen LogP contribution in [-0.2, 0) is 16.1 Å². The van der Waals surface area contributed by atoms with E-state index in [0.717, 1.165) is 31.8 Å². The molecular formula is C12H19N3O3S. The molecule has 1 aromatic heterocycles. The van der Waals surface area contributed by atoms with E-state index in [9.17, 15) is 4.79 Å². The van der Waals surface area contributed by atoms with Gasteiger partial charge in [0.2, 0.25) is 0 Å². The number of hydrogen-bond acceptors (Lipinski definition) is 5. The SMILES string of the molecule is CCCn1c(SCC(=O)O)nnc1C1CCOC1C. The minimum absolute atomic E-state index is 0.0125. The zero-order valence-electron chi connectivity index (χ0n) is 11.2. The van der Waals surface area contributed by atoms with Crippen LogP contribution < -0.4 is 0 Å². The lowest BCUT2D eigenvalue weighted by Crippen LogP contribution is -2.16. The number of carboxylic acids is 1. The highest BCUT2D eigenvalue weighted by atomic mass is 32.2. The summed E-state index contributed by atoms with van der Waals surface area (Å²) in [4.78, 5) is 10.7. The second-order valence-corrected chi connectivity index (χ2v) is 5.59. The Bertz CT molecular complexity index is 449. The summed E-state index contributed by atoms with van der Waals surface area (Å²) in [6, 6.07) is 0. The molecular weight excluding hydrogens is 266 g/mol. The predicted molar refractivity (Wildman–Crippen MR) is 71.4 cm³/mol. The number of hydrogen-bond donors (Lipinski definition) is 1. The summed E-state index contributed by atoms with van der Waals surface area (Å²) in [5.74, 6) is 0.367. The monoisotopic (exact) mass is 285 g/mol. The smallest absolute Gasteiger partial charge is 0.313 e. The van der Waals surface area contributed by atoms with Crippen LogP contribution in [0.5, 0.6) is 0 Å². The first kappa shape index (κ1) is 14.3. The average Bonchev–Trinajstić information content (AvgIpc) is 2.94. The summed E-state index contributed by atoms with van der Waals surface area (Å²) in [7, 11) is 0. The van der Waals surface area contributed by atoms with Crippen LogP contribution in [0.4, 0.5) is 0 Å². The second kappa shape index (κ2) is 6.38. The zero-order valence-corrected chi connectivity index (χ0v) is 12.0. The van der Waals surface area contributed by atoms with Crippen LogP contribution in [0.25, 0.3) is 0 Å². The largest absolute Gasteiger partial charge is 0.481 e. The van der Waals surface area contributed by atoms with Crippen LogP contribution in [0.3, 0.4) is 0 Å². The van der Waals surface area contributed by atoms with Crippen LogP contribution in [0, 0.1) is 0 Å². The highest BCUT2D eigenvalue weighted by molar-refractivity contribution is 7.99. The Morgan fingerprint density at radius 2 is 2.37 bits per heavy atom. The lowest BCUT2D eigenvalue weighted by Gasteiger charge is -2.15. The lowest BCUT2D eigenvalue weighted by molar-refractivity contribution is -0.133. The zero-order chi connectivity index (χ0) is 13.8. The van der Waals surface area contributed by atoms with Gasteiger partial charge in [-0.1, -0.05) is 18.7 Å². The molecule has 0 radical (unpaired) electrons. The molecule has 0 spiro atoms. The molecule has 0 bridgehead atoms. The van der Waals surface area contributed by atoms with E-state index in [1.165, 1.54) is 11.8 Å². The highest BCUT2D eigenvalue weighted by Gasteiger charge is 2.31. The summed E-state index contributed by atoms with van der Waals surface area (Å²) in [5, 5.41) is 17.9. The molecule has 0 saturated carbocycles. The summed E-state index contributed by atoms with van der Waals surface area (Å²) < 4.78 is 7.62. The van der Waals surface area contributed by atoms with Crippen molar-refractivity contribution in [2.45, 2.75) is 50.4 Å². The molecule has 1 aliphatic rings. The average molecular weight is 285 g/mol. The molecule has 7 heteroatoms. The normalized spacial score (nSPS) is 22.8. The van der Waals surface area contributed by atoms with Crippen molar-refractivity contribution in [1.29, 1.82) is 0 Å². The minimum Gasteiger partial charge on any atom is -0.481 e. The Balaban J connectivity index is 2.20. The Kier molecular flexibility index (Phi) is 4.81. The number of thioether (sulfide) groups is 1. The topological polar surface area (TPSA) is 77.2 Å². The third kappa shape index (κ3) is 3.27. The van der Waals surface area contributed by atoms with Crippen LogP contribution in [0.1, 0.15) is 38.4 Å². The first-order chi connectivity index (χ1) is 9.13. The van der Waals surface area contributed by atoms with E-state index in [2.05, 4.69) is 17.1 Å². The van der Waals surface area contributed by atoms with Gasteiger partial charge in [-0.2, -0.15) is 0 Å². The van der Waals surface area contributed by atoms with E-state index < -0.39 is 5.97 Å².